The molecular formula is C13H22O2S4. The minimum atomic E-state index is 0.256. The molecule has 0 aromatic rings. The van der Waals surface area contributed by atoms with Crippen molar-refractivity contribution in [3.8, 4) is 0 Å². The van der Waals surface area contributed by atoms with Crippen LogP contribution in [0.25, 0.3) is 0 Å². The van der Waals surface area contributed by atoms with Gasteiger partial charge in [0.15, 0.2) is 0 Å². The molecule has 4 atom stereocenters. The molecule has 2 nitrogen and oxygen atoms in total. The van der Waals surface area contributed by atoms with Gasteiger partial charge in [0, 0.05) is 36.2 Å². The van der Waals surface area contributed by atoms with Crippen molar-refractivity contribution in [2.45, 2.75) is 15.6 Å². The monoisotopic (exact) mass is 338 g/mol. The van der Waals surface area contributed by atoms with E-state index in [1.165, 1.54) is 29.4 Å². The van der Waals surface area contributed by atoms with Gasteiger partial charge in [-0.3, -0.25) is 0 Å². The third kappa shape index (κ3) is 3.09. The van der Waals surface area contributed by atoms with Crippen molar-refractivity contribution in [3.05, 3.63) is 0 Å². The molecule has 0 amide bonds. The van der Waals surface area contributed by atoms with Crippen LogP contribution in [0.15, 0.2) is 0 Å². The Balaban J connectivity index is 1.74. The Morgan fingerprint density at radius 3 is 1.37 bits per heavy atom. The SMILES string of the molecule is OC[C@@H]1C(C2SCCS2)CC(C2SCCS2)[C@@H]1CO. The number of thioether (sulfide) groups is 4. The van der Waals surface area contributed by atoms with Crippen molar-refractivity contribution in [2.24, 2.45) is 23.7 Å². The zero-order valence-corrected chi connectivity index (χ0v) is 14.2. The molecule has 1 aliphatic carbocycles. The second-order valence-corrected chi connectivity index (χ2v) is 11.1. The van der Waals surface area contributed by atoms with Crippen molar-refractivity contribution < 1.29 is 10.2 Å². The highest BCUT2D eigenvalue weighted by atomic mass is 32.2. The quantitative estimate of drug-likeness (QED) is 0.820. The van der Waals surface area contributed by atoms with Crippen LogP contribution in [0.1, 0.15) is 6.42 Å². The number of aliphatic hydroxyl groups is 2. The molecule has 0 bridgehead atoms. The van der Waals surface area contributed by atoms with E-state index < -0.39 is 0 Å². The van der Waals surface area contributed by atoms with Crippen molar-refractivity contribution >= 4 is 47.0 Å². The van der Waals surface area contributed by atoms with E-state index >= 15 is 0 Å². The highest BCUT2D eigenvalue weighted by molar-refractivity contribution is 8.20. The molecule has 3 aliphatic rings. The summed E-state index contributed by atoms with van der Waals surface area (Å²) in [4.78, 5) is 0. The molecule has 3 fully saturated rings. The van der Waals surface area contributed by atoms with Gasteiger partial charge in [-0.15, -0.1) is 47.0 Å². The minimum absolute atomic E-state index is 0.256. The summed E-state index contributed by atoms with van der Waals surface area (Å²) in [6.07, 6.45) is 1.21. The lowest BCUT2D eigenvalue weighted by Crippen LogP contribution is -2.29. The Hall–Kier alpha value is 1.32. The van der Waals surface area contributed by atoms with Crippen LogP contribution in [0.3, 0.4) is 0 Å². The van der Waals surface area contributed by atoms with Crippen LogP contribution in [0.4, 0.5) is 0 Å². The molecule has 6 heteroatoms. The smallest absolute Gasteiger partial charge is 0.0534 e. The lowest BCUT2D eigenvalue weighted by Gasteiger charge is -2.27. The molecule has 2 unspecified atom stereocenters. The molecule has 0 radical (unpaired) electrons. The molecule has 0 spiro atoms. The average molecular weight is 339 g/mol. The number of hydrogen-bond donors (Lipinski definition) is 2. The first kappa shape index (κ1) is 15.2. The Labute approximate surface area is 132 Å². The van der Waals surface area contributed by atoms with Gasteiger partial charge in [-0.1, -0.05) is 0 Å². The van der Waals surface area contributed by atoms with E-state index in [9.17, 15) is 10.2 Å². The van der Waals surface area contributed by atoms with Gasteiger partial charge in [-0.05, 0) is 30.1 Å². The maximum atomic E-state index is 9.82. The minimum Gasteiger partial charge on any atom is -0.396 e. The molecule has 0 aromatic carbocycles. The number of rotatable bonds is 4. The summed E-state index contributed by atoms with van der Waals surface area (Å²) >= 11 is 8.29. The van der Waals surface area contributed by atoms with Crippen molar-refractivity contribution in [3.63, 3.8) is 0 Å². The Bertz CT molecular complexity index is 264. The molecule has 1 saturated carbocycles. The fourth-order valence-corrected chi connectivity index (χ4v) is 10.3. The van der Waals surface area contributed by atoms with Gasteiger partial charge in [-0.2, -0.15) is 0 Å². The third-order valence-electron chi connectivity index (χ3n) is 4.61. The second-order valence-electron chi connectivity index (χ2n) is 5.48. The third-order valence-corrected chi connectivity index (χ3v) is 11.2. The largest absolute Gasteiger partial charge is 0.396 e. The molecule has 110 valence electrons. The van der Waals surface area contributed by atoms with Crippen LogP contribution in [-0.4, -0.2) is 55.6 Å². The van der Waals surface area contributed by atoms with E-state index in [2.05, 4.69) is 47.0 Å². The topological polar surface area (TPSA) is 40.5 Å². The Morgan fingerprint density at radius 2 is 1.05 bits per heavy atom. The first-order valence-electron chi connectivity index (χ1n) is 7.03. The lowest BCUT2D eigenvalue weighted by molar-refractivity contribution is 0.108. The molecular weight excluding hydrogens is 316 g/mol. The van der Waals surface area contributed by atoms with Crippen LogP contribution in [-0.2, 0) is 0 Å². The summed E-state index contributed by atoms with van der Waals surface area (Å²) in [6.45, 7) is 0.512. The molecule has 2 heterocycles. The maximum Gasteiger partial charge on any atom is 0.0534 e. The average Bonchev–Trinajstić information content (AvgIpc) is 3.16. The molecule has 0 aromatic heterocycles. The zero-order chi connectivity index (χ0) is 13.2. The van der Waals surface area contributed by atoms with Gasteiger partial charge in [-0.25, -0.2) is 0 Å². The lowest BCUT2D eigenvalue weighted by atomic mass is 9.89. The van der Waals surface area contributed by atoms with Crippen molar-refractivity contribution in [1.82, 2.24) is 0 Å². The van der Waals surface area contributed by atoms with Gasteiger partial charge in [0.2, 0.25) is 0 Å². The van der Waals surface area contributed by atoms with Crippen molar-refractivity contribution in [1.29, 1.82) is 0 Å². The fraction of sp³-hybridized carbons (Fsp3) is 1.00. The van der Waals surface area contributed by atoms with Gasteiger partial charge in [0.1, 0.15) is 0 Å². The maximum absolute atomic E-state index is 9.82. The van der Waals surface area contributed by atoms with E-state index in [1.54, 1.807) is 0 Å². The standard InChI is InChI=1S/C13H22O2S4/c14-6-10-8(12-16-1-2-17-12)5-9(11(10)7-15)13-18-3-4-19-13/h8-15H,1-7H2/t8?,9?,10-,11+. The number of hydrogen-bond acceptors (Lipinski definition) is 6. The Kier molecular flexibility index (Phi) is 5.65. The van der Waals surface area contributed by atoms with Crippen LogP contribution in [0, 0.1) is 23.7 Å². The van der Waals surface area contributed by atoms with E-state index in [0.717, 1.165) is 0 Å². The molecule has 2 aliphatic heterocycles. The van der Waals surface area contributed by atoms with Crippen LogP contribution >= 0.6 is 47.0 Å². The second kappa shape index (κ2) is 7.05. The van der Waals surface area contributed by atoms with Gasteiger partial charge >= 0.3 is 0 Å². The van der Waals surface area contributed by atoms with E-state index in [-0.39, 0.29) is 13.2 Å². The predicted molar refractivity (Wildman–Crippen MR) is 90.2 cm³/mol. The van der Waals surface area contributed by atoms with Crippen molar-refractivity contribution in [2.75, 3.05) is 36.2 Å². The van der Waals surface area contributed by atoms with Gasteiger partial charge < -0.3 is 10.2 Å². The van der Waals surface area contributed by atoms with E-state index in [4.69, 9.17) is 0 Å². The summed E-state index contributed by atoms with van der Waals surface area (Å²) in [7, 11) is 0. The summed E-state index contributed by atoms with van der Waals surface area (Å²) in [5.74, 6) is 6.87. The van der Waals surface area contributed by atoms with Crippen LogP contribution < -0.4 is 0 Å². The highest BCUT2D eigenvalue weighted by Gasteiger charge is 2.49. The summed E-state index contributed by atoms with van der Waals surface area (Å²) in [5.41, 5.74) is 0. The van der Waals surface area contributed by atoms with Gasteiger partial charge in [0.05, 0.1) is 9.16 Å². The van der Waals surface area contributed by atoms with E-state index in [1.807, 2.05) is 0 Å². The highest BCUT2D eigenvalue weighted by Crippen LogP contribution is 2.55. The summed E-state index contributed by atoms with van der Waals surface area (Å²) in [5, 5.41) is 19.6. The zero-order valence-electron chi connectivity index (χ0n) is 10.9. The van der Waals surface area contributed by atoms with Crippen LogP contribution in [0.2, 0.25) is 0 Å². The predicted octanol–water partition coefficient (Wildman–Crippen LogP) is 2.45. The first-order valence-corrected chi connectivity index (χ1v) is 11.2. The first-order chi connectivity index (χ1) is 9.35. The number of aliphatic hydroxyl groups excluding tert-OH is 2. The Morgan fingerprint density at radius 1 is 0.684 bits per heavy atom. The molecule has 2 saturated heterocycles. The summed E-state index contributed by atoms with van der Waals surface area (Å²) in [6, 6.07) is 0. The molecule has 19 heavy (non-hydrogen) atoms. The summed E-state index contributed by atoms with van der Waals surface area (Å²) < 4.78 is 1.32. The fourth-order valence-electron chi connectivity index (χ4n) is 3.71. The molecule has 2 N–H and O–H groups in total. The van der Waals surface area contributed by atoms with Gasteiger partial charge in [0.25, 0.3) is 0 Å². The molecule has 3 rings (SSSR count). The van der Waals surface area contributed by atoms with Crippen LogP contribution in [0.5, 0.6) is 0 Å². The van der Waals surface area contributed by atoms with E-state index in [0.29, 0.717) is 32.8 Å². The normalized spacial score (nSPS) is 41.4.